The van der Waals surface area contributed by atoms with Gasteiger partial charge >= 0.3 is 0 Å². The molecule has 1 unspecified atom stereocenters. The Kier molecular flexibility index (Phi) is 3.98. The Morgan fingerprint density at radius 3 is 2.39 bits per heavy atom. The average Bonchev–Trinajstić information content (AvgIpc) is 2.94. The lowest BCUT2D eigenvalue weighted by Crippen LogP contribution is -2.12. The summed E-state index contributed by atoms with van der Waals surface area (Å²) in [5, 5.41) is 0. The fourth-order valence-corrected chi connectivity index (χ4v) is 3.05. The Balaban J connectivity index is 2.43. The van der Waals surface area contributed by atoms with Gasteiger partial charge in [0.05, 0.1) is 5.69 Å². The van der Waals surface area contributed by atoms with Crippen molar-refractivity contribution in [2.24, 2.45) is 0 Å². The van der Waals surface area contributed by atoms with E-state index >= 15 is 0 Å². The first-order valence-corrected chi connectivity index (χ1v) is 7.43. The summed E-state index contributed by atoms with van der Waals surface area (Å²) in [6, 6.07) is 0.408. The van der Waals surface area contributed by atoms with Crippen LogP contribution in [0.5, 0.6) is 0 Å². The molecule has 0 saturated heterocycles. The third-order valence-electron chi connectivity index (χ3n) is 4.32. The first-order chi connectivity index (χ1) is 8.56. The van der Waals surface area contributed by atoms with Crippen LogP contribution in [0.2, 0.25) is 0 Å². The number of hydrogen-bond acceptors (Lipinski definition) is 2. The van der Waals surface area contributed by atoms with E-state index in [1.54, 1.807) is 0 Å². The fraction of sp³-hybridized carbons (Fsp3) is 0.800. The summed E-state index contributed by atoms with van der Waals surface area (Å²) in [7, 11) is 0. The van der Waals surface area contributed by atoms with Crippen molar-refractivity contribution in [3.05, 3.63) is 11.5 Å². The van der Waals surface area contributed by atoms with E-state index in [9.17, 15) is 0 Å². The average molecular weight is 249 g/mol. The van der Waals surface area contributed by atoms with Crippen LogP contribution in [0.15, 0.2) is 0 Å². The van der Waals surface area contributed by atoms with Crippen LogP contribution in [-0.2, 0) is 0 Å². The molecule has 3 heteroatoms. The van der Waals surface area contributed by atoms with Crippen molar-refractivity contribution >= 4 is 5.82 Å². The molecule has 1 atom stereocenters. The highest BCUT2D eigenvalue weighted by atomic mass is 15.2. The van der Waals surface area contributed by atoms with Gasteiger partial charge in [-0.25, -0.2) is 4.98 Å². The van der Waals surface area contributed by atoms with E-state index in [1.807, 2.05) is 0 Å². The predicted octanol–water partition coefficient (Wildman–Crippen LogP) is 4.22. The van der Waals surface area contributed by atoms with Gasteiger partial charge in [-0.3, -0.25) is 0 Å². The van der Waals surface area contributed by atoms with Gasteiger partial charge in [-0.1, -0.05) is 26.7 Å². The molecule has 1 aliphatic rings. The van der Waals surface area contributed by atoms with Crippen LogP contribution in [0, 0.1) is 0 Å². The van der Waals surface area contributed by atoms with Gasteiger partial charge in [0.25, 0.3) is 0 Å². The van der Waals surface area contributed by atoms with E-state index < -0.39 is 0 Å². The molecule has 102 valence electrons. The molecule has 0 aliphatic heterocycles. The lowest BCUT2D eigenvalue weighted by Gasteiger charge is -2.17. The molecule has 1 saturated carbocycles. The lowest BCUT2D eigenvalue weighted by atomic mass is 10.1. The van der Waals surface area contributed by atoms with Crippen LogP contribution in [0.1, 0.15) is 89.2 Å². The molecular formula is C15H27N3. The predicted molar refractivity (Wildman–Crippen MR) is 76.9 cm³/mol. The highest BCUT2D eigenvalue weighted by molar-refractivity contribution is 5.41. The van der Waals surface area contributed by atoms with E-state index in [-0.39, 0.29) is 0 Å². The zero-order valence-electron chi connectivity index (χ0n) is 12.2. The minimum Gasteiger partial charge on any atom is -0.384 e. The highest BCUT2D eigenvalue weighted by Gasteiger charge is 2.27. The second-order valence-electron chi connectivity index (χ2n) is 5.99. The van der Waals surface area contributed by atoms with Crippen molar-refractivity contribution in [3.63, 3.8) is 0 Å². The molecule has 18 heavy (non-hydrogen) atoms. The minimum atomic E-state index is 0.408. The first kappa shape index (κ1) is 13.4. The maximum absolute atomic E-state index is 6.35. The third-order valence-corrected chi connectivity index (χ3v) is 4.32. The maximum Gasteiger partial charge on any atom is 0.127 e. The Bertz CT molecular complexity index is 400. The Morgan fingerprint density at radius 1 is 1.28 bits per heavy atom. The topological polar surface area (TPSA) is 43.8 Å². The molecule has 0 bridgehead atoms. The molecule has 0 radical (unpaired) electrons. The summed E-state index contributed by atoms with van der Waals surface area (Å²) < 4.78 is 2.28. The number of nitrogen functional groups attached to an aromatic ring is 1. The van der Waals surface area contributed by atoms with Gasteiger partial charge < -0.3 is 10.3 Å². The third kappa shape index (κ3) is 2.27. The largest absolute Gasteiger partial charge is 0.384 e. The molecule has 1 aromatic rings. The van der Waals surface area contributed by atoms with E-state index in [4.69, 9.17) is 10.7 Å². The number of hydrogen-bond donors (Lipinski definition) is 1. The SMILES string of the molecule is CCC(C)c1nc(C2CCCC2)n(C(C)C)c1N. The normalized spacial score (nSPS) is 18.7. The quantitative estimate of drug-likeness (QED) is 0.868. The van der Waals surface area contributed by atoms with E-state index in [0.29, 0.717) is 17.9 Å². The molecule has 0 spiro atoms. The van der Waals surface area contributed by atoms with Crippen molar-refractivity contribution in [1.29, 1.82) is 0 Å². The number of rotatable bonds is 4. The lowest BCUT2D eigenvalue weighted by molar-refractivity contribution is 0.534. The van der Waals surface area contributed by atoms with Crippen molar-refractivity contribution in [1.82, 2.24) is 9.55 Å². The van der Waals surface area contributed by atoms with Crippen LogP contribution >= 0.6 is 0 Å². The van der Waals surface area contributed by atoms with E-state index in [2.05, 4.69) is 32.3 Å². The molecule has 1 heterocycles. The number of nitrogens with two attached hydrogens (primary N) is 1. The summed E-state index contributed by atoms with van der Waals surface area (Å²) >= 11 is 0. The summed E-state index contributed by atoms with van der Waals surface area (Å²) in [6.45, 7) is 8.84. The van der Waals surface area contributed by atoms with Gasteiger partial charge in [-0.15, -0.1) is 0 Å². The molecule has 0 amide bonds. The summed E-state index contributed by atoms with van der Waals surface area (Å²) in [5.41, 5.74) is 7.47. The van der Waals surface area contributed by atoms with Gasteiger partial charge in [-0.2, -0.15) is 0 Å². The number of imidazole rings is 1. The van der Waals surface area contributed by atoms with Crippen LogP contribution in [-0.4, -0.2) is 9.55 Å². The smallest absolute Gasteiger partial charge is 0.127 e. The van der Waals surface area contributed by atoms with Crippen molar-refractivity contribution in [2.75, 3.05) is 5.73 Å². The van der Waals surface area contributed by atoms with Crippen molar-refractivity contribution < 1.29 is 0 Å². The van der Waals surface area contributed by atoms with Crippen LogP contribution in [0.4, 0.5) is 5.82 Å². The number of nitrogens with zero attached hydrogens (tertiary/aromatic N) is 2. The number of anilines is 1. The zero-order valence-corrected chi connectivity index (χ0v) is 12.2. The van der Waals surface area contributed by atoms with Crippen LogP contribution in [0.25, 0.3) is 0 Å². The first-order valence-electron chi connectivity index (χ1n) is 7.43. The standard InChI is InChI=1S/C15H27N3/c1-5-11(4)13-14(16)18(10(2)3)15(17-13)12-8-6-7-9-12/h10-12H,5-9,16H2,1-4H3. The van der Waals surface area contributed by atoms with E-state index in [0.717, 1.165) is 17.9 Å². The molecule has 0 aromatic carbocycles. The van der Waals surface area contributed by atoms with Gasteiger partial charge in [0.15, 0.2) is 0 Å². The molecule has 1 fully saturated rings. The Labute approximate surface area is 111 Å². The van der Waals surface area contributed by atoms with E-state index in [1.165, 1.54) is 31.5 Å². The molecule has 2 rings (SSSR count). The second-order valence-corrected chi connectivity index (χ2v) is 5.99. The molecular weight excluding hydrogens is 222 g/mol. The summed E-state index contributed by atoms with van der Waals surface area (Å²) in [6.07, 6.45) is 6.35. The van der Waals surface area contributed by atoms with Crippen molar-refractivity contribution in [3.8, 4) is 0 Å². The molecule has 2 N–H and O–H groups in total. The molecule has 1 aromatic heterocycles. The monoisotopic (exact) mass is 249 g/mol. The summed E-state index contributed by atoms with van der Waals surface area (Å²) in [4.78, 5) is 4.92. The Hall–Kier alpha value is -0.990. The van der Waals surface area contributed by atoms with Crippen LogP contribution < -0.4 is 5.73 Å². The van der Waals surface area contributed by atoms with Gasteiger partial charge in [0, 0.05) is 17.9 Å². The minimum absolute atomic E-state index is 0.408. The number of aromatic nitrogens is 2. The van der Waals surface area contributed by atoms with Crippen LogP contribution in [0.3, 0.4) is 0 Å². The highest BCUT2D eigenvalue weighted by Crippen LogP contribution is 2.38. The van der Waals surface area contributed by atoms with Gasteiger partial charge in [0.2, 0.25) is 0 Å². The summed E-state index contributed by atoms with van der Waals surface area (Å²) in [5.74, 6) is 3.24. The molecule has 3 nitrogen and oxygen atoms in total. The Morgan fingerprint density at radius 2 is 1.89 bits per heavy atom. The molecule has 1 aliphatic carbocycles. The van der Waals surface area contributed by atoms with Gasteiger partial charge in [-0.05, 0) is 33.1 Å². The zero-order chi connectivity index (χ0) is 13.3. The second kappa shape index (κ2) is 5.33. The fourth-order valence-electron chi connectivity index (χ4n) is 3.05. The van der Waals surface area contributed by atoms with Gasteiger partial charge in [0.1, 0.15) is 11.6 Å². The maximum atomic E-state index is 6.35. The van der Waals surface area contributed by atoms with Crippen molar-refractivity contribution in [2.45, 2.75) is 77.7 Å².